The summed E-state index contributed by atoms with van der Waals surface area (Å²) < 4.78 is 23.9. The van der Waals surface area contributed by atoms with Crippen LogP contribution in [0.5, 0.6) is 23.0 Å². The minimum absolute atomic E-state index is 0.128. The van der Waals surface area contributed by atoms with Gasteiger partial charge < -0.3 is 18.9 Å². The van der Waals surface area contributed by atoms with Crippen LogP contribution in [0.3, 0.4) is 0 Å². The average Bonchev–Trinajstić information content (AvgIpc) is 2.71. The van der Waals surface area contributed by atoms with Crippen LogP contribution in [0.15, 0.2) is 43.0 Å². The first kappa shape index (κ1) is 19.4. The molecule has 152 valence electrons. The molecule has 4 nitrogen and oxygen atoms in total. The van der Waals surface area contributed by atoms with Crippen LogP contribution in [0.2, 0.25) is 0 Å². The van der Waals surface area contributed by atoms with Crippen molar-refractivity contribution in [1.29, 1.82) is 0 Å². The Hall–Kier alpha value is -2.88. The number of benzene rings is 2. The molecule has 2 aliphatic rings. The zero-order chi connectivity index (χ0) is 20.4. The zero-order valence-corrected chi connectivity index (χ0v) is 17.4. The first-order valence-corrected chi connectivity index (χ1v) is 10.2. The van der Waals surface area contributed by atoms with Gasteiger partial charge in [0.05, 0.1) is 6.61 Å². The Labute approximate surface area is 172 Å². The highest BCUT2D eigenvalue weighted by Gasteiger charge is 2.30. The molecule has 2 heterocycles. The van der Waals surface area contributed by atoms with E-state index in [0.29, 0.717) is 19.8 Å². The zero-order valence-electron chi connectivity index (χ0n) is 17.4. The number of rotatable bonds is 6. The number of hydrogen-bond donors (Lipinski definition) is 0. The summed E-state index contributed by atoms with van der Waals surface area (Å²) in [6.45, 7) is 11.5. The summed E-state index contributed by atoms with van der Waals surface area (Å²) in [5, 5.41) is 0. The van der Waals surface area contributed by atoms with Crippen LogP contribution in [0, 0.1) is 0 Å². The molecule has 0 unspecified atom stereocenters. The molecule has 0 radical (unpaired) electrons. The van der Waals surface area contributed by atoms with Gasteiger partial charge in [0.15, 0.2) is 0 Å². The first-order valence-electron chi connectivity index (χ1n) is 10.2. The lowest BCUT2D eigenvalue weighted by molar-refractivity contribution is 0.0834. The van der Waals surface area contributed by atoms with E-state index in [0.717, 1.165) is 52.5 Å². The van der Waals surface area contributed by atoms with Crippen molar-refractivity contribution in [3.05, 3.63) is 59.7 Å². The SMILES string of the molecule is C=CCOc1cc(OCC)ccc1C1=Cc2ccc3c(c2OC1)CCC(C)(C)O3. The van der Waals surface area contributed by atoms with Crippen molar-refractivity contribution in [3.63, 3.8) is 0 Å². The largest absolute Gasteiger partial charge is 0.494 e. The van der Waals surface area contributed by atoms with Gasteiger partial charge in [-0.05, 0) is 64.0 Å². The highest BCUT2D eigenvalue weighted by Crippen LogP contribution is 2.44. The monoisotopic (exact) mass is 392 g/mol. The van der Waals surface area contributed by atoms with Gasteiger partial charge in [0, 0.05) is 28.3 Å². The average molecular weight is 392 g/mol. The lowest BCUT2D eigenvalue weighted by Crippen LogP contribution is -2.33. The Morgan fingerprint density at radius 2 is 2.03 bits per heavy atom. The second-order valence-electron chi connectivity index (χ2n) is 7.97. The maximum atomic E-state index is 6.24. The maximum Gasteiger partial charge on any atom is 0.133 e. The molecule has 0 saturated carbocycles. The minimum atomic E-state index is -0.128. The predicted octanol–water partition coefficient (Wildman–Crippen LogP) is 5.69. The van der Waals surface area contributed by atoms with Gasteiger partial charge in [0.1, 0.15) is 41.8 Å². The smallest absolute Gasteiger partial charge is 0.133 e. The van der Waals surface area contributed by atoms with Crippen molar-refractivity contribution in [3.8, 4) is 23.0 Å². The van der Waals surface area contributed by atoms with Crippen molar-refractivity contribution in [1.82, 2.24) is 0 Å². The second-order valence-corrected chi connectivity index (χ2v) is 7.97. The highest BCUT2D eigenvalue weighted by atomic mass is 16.5. The Morgan fingerprint density at radius 1 is 1.17 bits per heavy atom. The molecule has 0 bridgehead atoms. The summed E-state index contributed by atoms with van der Waals surface area (Å²) in [5.41, 5.74) is 4.22. The minimum Gasteiger partial charge on any atom is -0.494 e. The van der Waals surface area contributed by atoms with Crippen molar-refractivity contribution in [2.24, 2.45) is 0 Å². The third kappa shape index (κ3) is 3.98. The molecule has 29 heavy (non-hydrogen) atoms. The Balaban J connectivity index is 1.70. The third-order valence-corrected chi connectivity index (χ3v) is 5.28. The van der Waals surface area contributed by atoms with E-state index >= 15 is 0 Å². The summed E-state index contributed by atoms with van der Waals surface area (Å²) in [7, 11) is 0. The normalized spacial score (nSPS) is 16.4. The number of hydrogen-bond acceptors (Lipinski definition) is 4. The topological polar surface area (TPSA) is 36.9 Å². The molecule has 0 spiro atoms. The quantitative estimate of drug-likeness (QED) is 0.592. The molecule has 2 aliphatic heterocycles. The lowest BCUT2D eigenvalue weighted by atomic mass is 9.91. The van der Waals surface area contributed by atoms with Gasteiger partial charge in [0.2, 0.25) is 0 Å². The maximum absolute atomic E-state index is 6.24. The van der Waals surface area contributed by atoms with Gasteiger partial charge in [-0.25, -0.2) is 0 Å². The molecular formula is C25H28O4. The molecule has 0 aromatic heterocycles. The van der Waals surface area contributed by atoms with E-state index in [1.165, 1.54) is 5.56 Å². The number of fused-ring (bicyclic) bond motifs is 3. The molecule has 2 aromatic carbocycles. The van der Waals surface area contributed by atoms with E-state index in [2.05, 4.69) is 38.6 Å². The van der Waals surface area contributed by atoms with Crippen LogP contribution >= 0.6 is 0 Å². The fourth-order valence-corrected chi connectivity index (χ4v) is 3.85. The summed E-state index contributed by atoms with van der Waals surface area (Å²) in [4.78, 5) is 0. The molecule has 0 N–H and O–H groups in total. The fraction of sp³-hybridized carbons (Fsp3) is 0.360. The lowest BCUT2D eigenvalue weighted by Gasteiger charge is -2.34. The van der Waals surface area contributed by atoms with Gasteiger partial charge in [-0.3, -0.25) is 0 Å². The van der Waals surface area contributed by atoms with Gasteiger partial charge in [0.25, 0.3) is 0 Å². The summed E-state index contributed by atoms with van der Waals surface area (Å²) in [5.74, 6) is 3.45. The fourth-order valence-electron chi connectivity index (χ4n) is 3.85. The molecule has 4 rings (SSSR count). The van der Waals surface area contributed by atoms with E-state index in [9.17, 15) is 0 Å². The Bertz CT molecular complexity index is 956. The van der Waals surface area contributed by atoms with Crippen LogP contribution in [0.25, 0.3) is 11.6 Å². The van der Waals surface area contributed by atoms with Crippen molar-refractivity contribution in [2.75, 3.05) is 19.8 Å². The van der Waals surface area contributed by atoms with Crippen LogP contribution in [-0.2, 0) is 6.42 Å². The predicted molar refractivity (Wildman–Crippen MR) is 116 cm³/mol. The molecule has 0 aliphatic carbocycles. The van der Waals surface area contributed by atoms with E-state index in [4.69, 9.17) is 18.9 Å². The van der Waals surface area contributed by atoms with Gasteiger partial charge in [-0.15, -0.1) is 0 Å². The van der Waals surface area contributed by atoms with E-state index < -0.39 is 0 Å². The van der Waals surface area contributed by atoms with Crippen molar-refractivity contribution in [2.45, 2.75) is 39.2 Å². The molecule has 0 saturated heterocycles. The number of ether oxygens (including phenoxy) is 4. The van der Waals surface area contributed by atoms with Crippen molar-refractivity contribution >= 4 is 11.6 Å². The summed E-state index contributed by atoms with van der Waals surface area (Å²) >= 11 is 0. The van der Waals surface area contributed by atoms with Crippen LogP contribution in [-0.4, -0.2) is 25.4 Å². The second kappa shape index (κ2) is 7.86. The van der Waals surface area contributed by atoms with Crippen molar-refractivity contribution < 1.29 is 18.9 Å². The standard InChI is InChI=1S/C25H28O4/c1-5-13-27-23-15-19(26-6-2)8-9-20(23)18-14-17-7-10-22-21(24(17)28-16-18)11-12-25(3,4)29-22/h5,7-10,14-15H,1,6,11-13,16H2,2-4H3. The summed E-state index contributed by atoms with van der Waals surface area (Å²) in [6.07, 6.45) is 5.88. The Morgan fingerprint density at radius 3 is 2.83 bits per heavy atom. The van der Waals surface area contributed by atoms with E-state index in [1.807, 2.05) is 25.1 Å². The molecule has 0 fully saturated rings. The van der Waals surface area contributed by atoms with Gasteiger partial charge in [-0.1, -0.05) is 12.7 Å². The molecule has 2 aromatic rings. The molecule has 0 amide bonds. The third-order valence-electron chi connectivity index (χ3n) is 5.28. The van der Waals surface area contributed by atoms with Gasteiger partial charge >= 0.3 is 0 Å². The van der Waals surface area contributed by atoms with Gasteiger partial charge in [-0.2, -0.15) is 0 Å². The van der Waals surface area contributed by atoms with Crippen LogP contribution < -0.4 is 18.9 Å². The van der Waals surface area contributed by atoms with E-state index in [1.54, 1.807) is 6.08 Å². The van der Waals surface area contributed by atoms with Crippen LogP contribution in [0.4, 0.5) is 0 Å². The molecular weight excluding hydrogens is 364 g/mol. The summed E-state index contributed by atoms with van der Waals surface area (Å²) in [6, 6.07) is 10.1. The Kier molecular flexibility index (Phi) is 5.27. The first-order chi connectivity index (χ1) is 14.0. The molecule has 0 atom stereocenters. The highest BCUT2D eigenvalue weighted by molar-refractivity contribution is 5.88. The van der Waals surface area contributed by atoms with E-state index in [-0.39, 0.29) is 5.60 Å². The molecule has 4 heteroatoms. The van der Waals surface area contributed by atoms with Crippen LogP contribution in [0.1, 0.15) is 43.9 Å².